The Bertz CT molecular complexity index is 1260. The SMILES string of the molecule is Cc1c(Cl)ccc2c1C=C(C(=O)O)C(C(F)(F)F)O2.Cc1c(Cl)ccc2c1C=C(C(=O)O)C(C(F)(F)F)O2. The van der Waals surface area contributed by atoms with Gasteiger partial charge in [0.05, 0.1) is 11.1 Å². The lowest BCUT2D eigenvalue weighted by atomic mass is 9.98. The van der Waals surface area contributed by atoms with E-state index < -0.39 is 47.6 Å². The summed E-state index contributed by atoms with van der Waals surface area (Å²) in [6, 6.07) is 5.39. The molecule has 0 saturated heterocycles. The van der Waals surface area contributed by atoms with Crippen molar-refractivity contribution in [1.82, 2.24) is 0 Å². The van der Waals surface area contributed by atoms with Crippen LogP contribution in [0.15, 0.2) is 35.4 Å². The maximum Gasteiger partial charge on any atom is 0.430 e. The molecule has 204 valence electrons. The van der Waals surface area contributed by atoms with Crippen molar-refractivity contribution >= 4 is 47.3 Å². The van der Waals surface area contributed by atoms with Gasteiger partial charge in [-0.1, -0.05) is 23.2 Å². The summed E-state index contributed by atoms with van der Waals surface area (Å²) in [5, 5.41) is 18.4. The van der Waals surface area contributed by atoms with Crippen LogP contribution in [0.3, 0.4) is 0 Å². The van der Waals surface area contributed by atoms with Gasteiger partial charge in [-0.05, 0) is 61.4 Å². The smallest absolute Gasteiger partial charge is 0.430 e. The van der Waals surface area contributed by atoms with Crippen molar-refractivity contribution in [2.24, 2.45) is 0 Å². The monoisotopic (exact) mass is 584 g/mol. The summed E-state index contributed by atoms with van der Waals surface area (Å²) in [5.41, 5.74) is -0.261. The molecule has 0 radical (unpaired) electrons. The Morgan fingerprint density at radius 2 is 1.03 bits per heavy atom. The molecule has 0 saturated carbocycles. The van der Waals surface area contributed by atoms with E-state index in [2.05, 4.69) is 0 Å². The molecule has 2 aromatic rings. The third kappa shape index (κ3) is 5.86. The second-order valence-electron chi connectivity index (χ2n) is 8.06. The number of benzene rings is 2. The quantitative estimate of drug-likeness (QED) is 0.374. The molecule has 6 nitrogen and oxygen atoms in total. The average molecular weight is 585 g/mol. The Morgan fingerprint density at radius 3 is 1.29 bits per heavy atom. The number of aliphatic carboxylic acids is 2. The molecule has 0 bridgehead atoms. The molecule has 38 heavy (non-hydrogen) atoms. The standard InChI is InChI=1S/2C12H8ClF3O3/c2*1-5-6-4-7(11(17)18)10(12(14,15)16)19-9(6)3-2-8(5)13/h2*2-4,10H,1H3,(H,17,18). The van der Waals surface area contributed by atoms with E-state index in [-0.39, 0.29) is 22.6 Å². The summed E-state index contributed by atoms with van der Waals surface area (Å²) in [5.74, 6) is -3.41. The molecule has 0 spiro atoms. The number of halogens is 8. The normalized spacial score (nSPS) is 18.4. The minimum atomic E-state index is -4.80. The molecule has 2 aromatic carbocycles. The van der Waals surface area contributed by atoms with Crippen molar-refractivity contribution in [3.05, 3.63) is 67.7 Å². The van der Waals surface area contributed by atoms with Gasteiger partial charge in [-0.2, -0.15) is 26.3 Å². The van der Waals surface area contributed by atoms with E-state index in [1.54, 1.807) is 13.8 Å². The first-order chi connectivity index (χ1) is 17.4. The van der Waals surface area contributed by atoms with Crippen LogP contribution >= 0.6 is 23.2 Å². The number of rotatable bonds is 2. The van der Waals surface area contributed by atoms with Gasteiger partial charge in [-0.15, -0.1) is 0 Å². The van der Waals surface area contributed by atoms with Crippen molar-refractivity contribution in [3.63, 3.8) is 0 Å². The van der Waals surface area contributed by atoms with E-state index >= 15 is 0 Å². The second-order valence-corrected chi connectivity index (χ2v) is 8.87. The van der Waals surface area contributed by atoms with Gasteiger partial charge < -0.3 is 19.7 Å². The number of hydrogen-bond donors (Lipinski definition) is 2. The van der Waals surface area contributed by atoms with Crippen LogP contribution in [0.2, 0.25) is 10.0 Å². The summed E-state index contributed by atoms with van der Waals surface area (Å²) >= 11 is 11.7. The van der Waals surface area contributed by atoms with Crippen LogP contribution in [-0.2, 0) is 9.59 Å². The van der Waals surface area contributed by atoms with E-state index in [0.29, 0.717) is 21.2 Å². The van der Waals surface area contributed by atoms with Gasteiger partial charge >= 0.3 is 24.3 Å². The van der Waals surface area contributed by atoms with Gasteiger partial charge in [-0.25, -0.2) is 9.59 Å². The molecule has 2 aliphatic heterocycles. The van der Waals surface area contributed by atoms with Crippen LogP contribution in [0.1, 0.15) is 22.3 Å². The molecule has 2 atom stereocenters. The van der Waals surface area contributed by atoms with Crippen LogP contribution in [0.25, 0.3) is 12.2 Å². The fourth-order valence-electron chi connectivity index (χ4n) is 3.60. The number of ether oxygens (including phenoxy) is 2. The Balaban J connectivity index is 0.000000211. The average Bonchev–Trinajstić information content (AvgIpc) is 2.81. The largest absolute Gasteiger partial charge is 0.478 e. The molecular formula is C24H16Cl2F6O6. The lowest BCUT2D eigenvalue weighted by Gasteiger charge is -2.27. The van der Waals surface area contributed by atoms with Crippen LogP contribution in [0.4, 0.5) is 26.3 Å². The topological polar surface area (TPSA) is 93.1 Å². The molecular weight excluding hydrogens is 569 g/mol. The molecule has 0 amide bonds. The Hall–Kier alpha value is -3.38. The first kappa shape index (κ1) is 29.2. The van der Waals surface area contributed by atoms with Crippen LogP contribution in [0, 0.1) is 13.8 Å². The number of carbonyl (C=O) groups is 2. The van der Waals surface area contributed by atoms with Crippen LogP contribution in [0.5, 0.6) is 11.5 Å². The van der Waals surface area contributed by atoms with Gasteiger partial charge in [0.25, 0.3) is 0 Å². The fraction of sp³-hybridized carbons (Fsp3) is 0.250. The summed E-state index contributed by atoms with van der Waals surface area (Å²) in [7, 11) is 0. The lowest BCUT2D eigenvalue weighted by molar-refractivity contribution is -0.187. The third-order valence-electron chi connectivity index (χ3n) is 5.56. The highest BCUT2D eigenvalue weighted by Crippen LogP contribution is 2.41. The highest BCUT2D eigenvalue weighted by molar-refractivity contribution is 6.32. The lowest BCUT2D eigenvalue weighted by Crippen LogP contribution is -2.40. The molecule has 0 aliphatic carbocycles. The molecule has 2 unspecified atom stereocenters. The van der Waals surface area contributed by atoms with Gasteiger partial charge in [0.2, 0.25) is 12.2 Å². The van der Waals surface area contributed by atoms with E-state index in [1.165, 1.54) is 24.3 Å². The molecule has 4 rings (SSSR count). The third-order valence-corrected chi connectivity index (χ3v) is 6.38. The van der Waals surface area contributed by atoms with E-state index in [0.717, 1.165) is 12.2 Å². The van der Waals surface area contributed by atoms with Gasteiger partial charge in [-0.3, -0.25) is 0 Å². The van der Waals surface area contributed by atoms with Gasteiger partial charge in [0.15, 0.2) is 0 Å². The molecule has 0 aromatic heterocycles. The Kier molecular flexibility index (Phi) is 7.99. The van der Waals surface area contributed by atoms with E-state index in [1.807, 2.05) is 0 Å². The highest BCUT2D eigenvalue weighted by atomic mass is 35.5. The number of alkyl halides is 6. The summed E-state index contributed by atoms with van der Waals surface area (Å²) in [6.07, 6.45) is -12.6. The minimum Gasteiger partial charge on any atom is -0.478 e. The maximum atomic E-state index is 12.8. The summed E-state index contributed by atoms with van der Waals surface area (Å²) in [6.45, 7) is 3.16. The van der Waals surface area contributed by atoms with Gasteiger partial charge in [0.1, 0.15) is 11.5 Å². The van der Waals surface area contributed by atoms with Crippen molar-refractivity contribution in [2.75, 3.05) is 0 Å². The Morgan fingerprint density at radius 1 is 0.711 bits per heavy atom. The number of hydrogen-bond acceptors (Lipinski definition) is 4. The minimum absolute atomic E-state index is 0.0331. The van der Waals surface area contributed by atoms with E-state index in [4.69, 9.17) is 42.9 Å². The summed E-state index contributed by atoms with van der Waals surface area (Å²) in [4.78, 5) is 21.9. The van der Waals surface area contributed by atoms with Crippen molar-refractivity contribution in [2.45, 2.75) is 38.4 Å². The van der Waals surface area contributed by atoms with Crippen molar-refractivity contribution in [1.29, 1.82) is 0 Å². The Labute approximate surface area is 220 Å². The zero-order chi connectivity index (χ0) is 28.7. The van der Waals surface area contributed by atoms with E-state index in [9.17, 15) is 35.9 Å². The molecule has 0 fully saturated rings. The zero-order valence-corrected chi connectivity index (χ0v) is 20.7. The molecule has 2 heterocycles. The number of fused-ring (bicyclic) bond motifs is 2. The van der Waals surface area contributed by atoms with Crippen molar-refractivity contribution in [3.8, 4) is 11.5 Å². The van der Waals surface area contributed by atoms with Crippen molar-refractivity contribution < 1.29 is 55.6 Å². The predicted octanol–water partition coefficient (Wildman–Crippen LogP) is 6.88. The second kappa shape index (κ2) is 10.4. The predicted molar refractivity (Wildman–Crippen MR) is 125 cm³/mol. The number of carboxylic acids is 2. The van der Waals surface area contributed by atoms with Crippen LogP contribution < -0.4 is 9.47 Å². The molecule has 2 N–H and O–H groups in total. The fourth-order valence-corrected chi connectivity index (χ4v) is 3.93. The van der Waals surface area contributed by atoms with Gasteiger partial charge in [0, 0.05) is 21.2 Å². The molecule has 14 heteroatoms. The maximum absolute atomic E-state index is 12.8. The first-order valence-electron chi connectivity index (χ1n) is 10.4. The van der Waals surface area contributed by atoms with Crippen LogP contribution in [-0.4, -0.2) is 46.7 Å². The number of carboxylic acid groups (broad SMARTS) is 2. The highest BCUT2D eigenvalue weighted by Gasteiger charge is 2.49. The molecule has 2 aliphatic rings. The first-order valence-corrected chi connectivity index (χ1v) is 11.1. The summed E-state index contributed by atoms with van der Waals surface area (Å²) < 4.78 is 86.2. The zero-order valence-electron chi connectivity index (χ0n) is 19.2.